The van der Waals surface area contributed by atoms with Gasteiger partial charge in [0.25, 0.3) is 0 Å². The molecule has 0 aliphatic rings. The summed E-state index contributed by atoms with van der Waals surface area (Å²) in [6.07, 6.45) is -1.71. The number of carbonyl (C=O) groups is 2. The normalized spacial score (nSPS) is 11.8. The van der Waals surface area contributed by atoms with Gasteiger partial charge in [-0.05, 0) is 69.6 Å². The van der Waals surface area contributed by atoms with Crippen molar-refractivity contribution < 1.29 is 19.1 Å². The van der Waals surface area contributed by atoms with Gasteiger partial charge >= 0.3 is 12.2 Å². The van der Waals surface area contributed by atoms with Gasteiger partial charge in [-0.1, -0.05) is 17.7 Å². The summed E-state index contributed by atoms with van der Waals surface area (Å²) in [4.78, 5) is 25.8. The number of hydrogen-bond donors (Lipinski definition) is 0. The molecule has 1 aromatic carbocycles. The zero-order valence-corrected chi connectivity index (χ0v) is 16.4. The lowest BCUT2D eigenvalue weighted by molar-refractivity contribution is 0.0431. The number of imide groups is 1. The molecule has 0 bridgehead atoms. The molecular weight excluding hydrogens is 386 g/mol. The van der Waals surface area contributed by atoms with Crippen molar-refractivity contribution in [2.45, 2.75) is 52.7 Å². The van der Waals surface area contributed by atoms with E-state index in [-0.39, 0.29) is 10.7 Å². The fourth-order valence-corrected chi connectivity index (χ4v) is 2.12. The van der Waals surface area contributed by atoms with E-state index in [2.05, 4.69) is 15.9 Å². The van der Waals surface area contributed by atoms with Crippen molar-refractivity contribution in [1.82, 2.24) is 0 Å². The molecule has 2 amide bonds. The van der Waals surface area contributed by atoms with Crippen molar-refractivity contribution in [1.29, 1.82) is 0 Å². The maximum atomic E-state index is 12.5. The Kier molecular flexibility index (Phi) is 6.10. The molecule has 0 N–H and O–H groups in total. The van der Waals surface area contributed by atoms with Gasteiger partial charge < -0.3 is 9.47 Å². The first-order chi connectivity index (χ1) is 10.3. The highest BCUT2D eigenvalue weighted by molar-refractivity contribution is 9.10. The molecule has 0 aromatic heterocycles. The molecule has 0 aliphatic heterocycles. The Morgan fingerprint density at radius 2 is 1.43 bits per heavy atom. The summed E-state index contributed by atoms with van der Waals surface area (Å²) in [5, 5.41) is 0.212. The Morgan fingerprint density at radius 1 is 1.00 bits per heavy atom. The SMILES string of the molecule is CC(C)(C)OC(=O)N(C(=O)OC(C)(C)C)c1cccc(Br)c1Cl. The van der Waals surface area contributed by atoms with E-state index >= 15 is 0 Å². The summed E-state index contributed by atoms with van der Waals surface area (Å²) in [5.41, 5.74) is -1.35. The summed E-state index contributed by atoms with van der Waals surface area (Å²) >= 11 is 9.49. The molecule has 0 radical (unpaired) electrons. The smallest absolute Gasteiger partial charge is 0.424 e. The fraction of sp³-hybridized carbons (Fsp3) is 0.500. The standard InChI is InChI=1S/C16H21BrClNO4/c1-15(2,3)22-13(20)19(14(21)23-16(4,5)6)11-9-7-8-10(17)12(11)18/h7-9H,1-6H3. The molecule has 0 aliphatic carbocycles. The maximum Gasteiger partial charge on any atom is 0.424 e. The first-order valence-electron chi connectivity index (χ1n) is 7.02. The molecule has 0 fully saturated rings. The van der Waals surface area contributed by atoms with E-state index in [1.54, 1.807) is 59.7 Å². The summed E-state index contributed by atoms with van der Waals surface area (Å²) in [6, 6.07) is 4.90. The molecule has 5 nitrogen and oxygen atoms in total. The predicted molar refractivity (Wildman–Crippen MR) is 94.1 cm³/mol. The molecular formula is C16H21BrClNO4. The van der Waals surface area contributed by atoms with Crippen LogP contribution in [0.1, 0.15) is 41.5 Å². The number of anilines is 1. The monoisotopic (exact) mass is 405 g/mol. The quantitative estimate of drug-likeness (QED) is 0.593. The molecule has 0 unspecified atom stereocenters. The molecule has 23 heavy (non-hydrogen) atoms. The lowest BCUT2D eigenvalue weighted by atomic mass is 10.2. The minimum Gasteiger partial charge on any atom is -0.443 e. The van der Waals surface area contributed by atoms with Crippen LogP contribution >= 0.6 is 27.5 Å². The zero-order valence-electron chi connectivity index (χ0n) is 14.1. The van der Waals surface area contributed by atoms with E-state index < -0.39 is 23.4 Å². The van der Waals surface area contributed by atoms with Crippen molar-refractivity contribution in [2.75, 3.05) is 4.90 Å². The summed E-state index contributed by atoms with van der Waals surface area (Å²) in [6.45, 7) is 10.3. The predicted octanol–water partition coefficient (Wildman–Crippen LogP) is 5.78. The van der Waals surface area contributed by atoms with E-state index in [1.165, 1.54) is 0 Å². The van der Waals surface area contributed by atoms with Gasteiger partial charge in [-0.15, -0.1) is 0 Å². The summed E-state index contributed by atoms with van der Waals surface area (Å²) < 4.78 is 11.1. The lowest BCUT2D eigenvalue weighted by Crippen LogP contribution is -2.44. The molecule has 128 valence electrons. The van der Waals surface area contributed by atoms with Crippen LogP contribution in [0.4, 0.5) is 15.3 Å². The Morgan fingerprint density at radius 3 is 1.83 bits per heavy atom. The first-order valence-corrected chi connectivity index (χ1v) is 8.19. The average Bonchev–Trinajstić information content (AvgIpc) is 2.30. The van der Waals surface area contributed by atoms with Crippen LogP contribution in [0.25, 0.3) is 0 Å². The highest BCUT2D eigenvalue weighted by Crippen LogP contribution is 2.34. The van der Waals surface area contributed by atoms with Gasteiger partial charge in [0.15, 0.2) is 0 Å². The summed E-state index contributed by atoms with van der Waals surface area (Å²) in [5.74, 6) is 0. The molecule has 0 atom stereocenters. The average molecular weight is 407 g/mol. The second-order valence-electron chi connectivity index (χ2n) is 6.87. The van der Waals surface area contributed by atoms with Crippen LogP contribution < -0.4 is 4.90 Å². The van der Waals surface area contributed by atoms with Crippen LogP contribution in [0.5, 0.6) is 0 Å². The fourth-order valence-electron chi connectivity index (χ4n) is 1.55. The van der Waals surface area contributed by atoms with Crippen LogP contribution in [0.2, 0.25) is 5.02 Å². The van der Waals surface area contributed by atoms with Crippen molar-refractivity contribution in [3.05, 3.63) is 27.7 Å². The van der Waals surface area contributed by atoms with Gasteiger partial charge in [0.1, 0.15) is 11.2 Å². The Balaban J connectivity index is 3.29. The van der Waals surface area contributed by atoms with Crippen LogP contribution in [-0.2, 0) is 9.47 Å². The second kappa shape index (κ2) is 7.09. The van der Waals surface area contributed by atoms with Gasteiger partial charge in [0.05, 0.1) is 10.7 Å². The maximum absolute atomic E-state index is 12.5. The van der Waals surface area contributed by atoms with Gasteiger partial charge in [-0.3, -0.25) is 0 Å². The van der Waals surface area contributed by atoms with Gasteiger partial charge in [0, 0.05) is 4.47 Å². The number of nitrogens with zero attached hydrogens (tertiary/aromatic N) is 1. The molecule has 0 heterocycles. The molecule has 1 rings (SSSR count). The van der Waals surface area contributed by atoms with E-state index in [1.807, 2.05) is 0 Å². The molecule has 0 saturated carbocycles. The largest absolute Gasteiger partial charge is 0.443 e. The van der Waals surface area contributed by atoms with Crippen molar-refractivity contribution in [2.24, 2.45) is 0 Å². The third-order valence-corrected chi connectivity index (χ3v) is 3.61. The Hall–Kier alpha value is -1.27. The number of hydrogen-bond acceptors (Lipinski definition) is 4. The lowest BCUT2D eigenvalue weighted by Gasteiger charge is -2.29. The van der Waals surface area contributed by atoms with Gasteiger partial charge in [-0.2, -0.15) is 4.90 Å². The van der Waals surface area contributed by atoms with Gasteiger partial charge in [0.2, 0.25) is 0 Å². The van der Waals surface area contributed by atoms with Crippen LogP contribution in [0, 0.1) is 0 Å². The second-order valence-corrected chi connectivity index (χ2v) is 8.10. The highest BCUT2D eigenvalue weighted by Gasteiger charge is 2.34. The highest BCUT2D eigenvalue weighted by atomic mass is 79.9. The van der Waals surface area contributed by atoms with E-state index in [0.717, 1.165) is 4.90 Å². The van der Waals surface area contributed by atoms with Crippen LogP contribution in [0.15, 0.2) is 22.7 Å². The van der Waals surface area contributed by atoms with Crippen LogP contribution in [0.3, 0.4) is 0 Å². The molecule has 0 saturated heterocycles. The number of ether oxygens (including phenoxy) is 2. The van der Waals surface area contributed by atoms with E-state index in [4.69, 9.17) is 21.1 Å². The number of amides is 2. The van der Waals surface area contributed by atoms with Crippen molar-refractivity contribution >= 4 is 45.4 Å². The molecule has 1 aromatic rings. The van der Waals surface area contributed by atoms with Gasteiger partial charge in [-0.25, -0.2) is 9.59 Å². The molecule has 0 spiro atoms. The first kappa shape index (κ1) is 19.8. The number of rotatable bonds is 1. The Labute approximate surface area is 150 Å². The molecule has 7 heteroatoms. The van der Waals surface area contributed by atoms with E-state index in [0.29, 0.717) is 4.47 Å². The zero-order chi connectivity index (χ0) is 18.0. The Bertz CT molecular complexity index is 577. The minimum atomic E-state index is -0.855. The number of carbonyl (C=O) groups excluding carboxylic acids is 2. The number of benzene rings is 1. The third-order valence-electron chi connectivity index (χ3n) is 2.32. The van der Waals surface area contributed by atoms with E-state index in [9.17, 15) is 9.59 Å². The minimum absolute atomic E-state index is 0.185. The van der Waals surface area contributed by atoms with Crippen molar-refractivity contribution in [3.8, 4) is 0 Å². The third kappa shape index (κ3) is 6.03. The van der Waals surface area contributed by atoms with Crippen LogP contribution in [-0.4, -0.2) is 23.4 Å². The topological polar surface area (TPSA) is 55.8 Å². The number of halogens is 2. The van der Waals surface area contributed by atoms with Crippen molar-refractivity contribution in [3.63, 3.8) is 0 Å². The summed E-state index contributed by atoms with van der Waals surface area (Å²) in [7, 11) is 0.